The van der Waals surface area contributed by atoms with Gasteiger partial charge in [0.1, 0.15) is 17.8 Å². The van der Waals surface area contributed by atoms with Crippen molar-refractivity contribution in [3.63, 3.8) is 0 Å². The molecule has 0 aliphatic heterocycles. The fraction of sp³-hybridized carbons (Fsp3) is 0. The molecule has 0 fully saturated rings. The highest BCUT2D eigenvalue weighted by atomic mass is 16.6. The van der Waals surface area contributed by atoms with E-state index in [0.717, 1.165) is 6.20 Å². The minimum atomic E-state index is -0.590. The molecule has 0 unspecified atom stereocenters. The molecule has 0 aliphatic rings. The number of aromatic nitrogens is 2. The molecular formula is C10H7N5O2. The summed E-state index contributed by atoms with van der Waals surface area (Å²) >= 11 is 0. The van der Waals surface area contributed by atoms with Crippen LogP contribution in [0.5, 0.6) is 0 Å². The number of hydrogen-bond acceptors (Lipinski definition) is 5. The van der Waals surface area contributed by atoms with Crippen LogP contribution in [0.15, 0.2) is 36.8 Å². The molecular weight excluding hydrogens is 222 g/mol. The number of nitriles is 1. The van der Waals surface area contributed by atoms with E-state index in [1.54, 1.807) is 29.2 Å². The van der Waals surface area contributed by atoms with Gasteiger partial charge in [-0.2, -0.15) is 5.26 Å². The molecule has 2 aromatic heterocycles. The van der Waals surface area contributed by atoms with E-state index >= 15 is 0 Å². The van der Waals surface area contributed by atoms with Gasteiger partial charge in [-0.3, -0.25) is 20.2 Å². The van der Waals surface area contributed by atoms with Crippen LogP contribution in [0, 0.1) is 21.4 Å². The zero-order valence-corrected chi connectivity index (χ0v) is 8.57. The molecule has 0 amide bonds. The van der Waals surface area contributed by atoms with Gasteiger partial charge in [0.15, 0.2) is 5.82 Å². The van der Waals surface area contributed by atoms with E-state index in [4.69, 9.17) is 5.26 Å². The average molecular weight is 229 g/mol. The lowest BCUT2D eigenvalue weighted by Gasteiger charge is -2.07. The van der Waals surface area contributed by atoms with Crippen molar-refractivity contribution in [1.29, 1.82) is 5.26 Å². The van der Waals surface area contributed by atoms with Crippen LogP contribution in [0.2, 0.25) is 0 Å². The topological polar surface area (TPSA) is 96.8 Å². The van der Waals surface area contributed by atoms with Gasteiger partial charge in [0.2, 0.25) is 0 Å². The highest BCUT2D eigenvalue weighted by Crippen LogP contribution is 2.18. The molecule has 2 heterocycles. The quantitative estimate of drug-likeness (QED) is 0.635. The third-order valence-corrected chi connectivity index (χ3v) is 2.04. The van der Waals surface area contributed by atoms with Gasteiger partial charge in [0, 0.05) is 18.5 Å². The first kappa shape index (κ1) is 10.6. The molecule has 0 radical (unpaired) electrons. The van der Waals surface area contributed by atoms with E-state index in [-0.39, 0.29) is 17.1 Å². The molecule has 0 saturated heterocycles. The van der Waals surface area contributed by atoms with Crippen molar-refractivity contribution >= 4 is 11.5 Å². The summed E-state index contributed by atoms with van der Waals surface area (Å²) < 4.78 is 1.59. The minimum Gasteiger partial charge on any atom is -0.277 e. The number of nitrogens with zero attached hydrogens (tertiary/aromatic N) is 4. The molecule has 2 aromatic rings. The summed E-state index contributed by atoms with van der Waals surface area (Å²) in [6.07, 6.45) is 4.56. The molecule has 0 spiro atoms. The number of pyridine rings is 1. The van der Waals surface area contributed by atoms with Gasteiger partial charge in [-0.05, 0) is 12.1 Å². The van der Waals surface area contributed by atoms with Crippen LogP contribution in [0.3, 0.4) is 0 Å². The Labute approximate surface area is 96.1 Å². The standard InChI is InChI=1S/C10H7N5O2/c11-6-8-5-9(15(16)17)7-12-10(8)13-14-3-1-2-4-14/h1-5,7H,(H,12,13). The number of anilines is 1. The predicted octanol–water partition coefficient (Wildman–Crippen LogP) is 1.54. The Morgan fingerprint density at radius 3 is 2.76 bits per heavy atom. The van der Waals surface area contributed by atoms with Gasteiger partial charge in [-0.1, -0.05) is 0 Å². The molecule has 7 heteroatoms. The summed E-state index contributed by atoms with van der Waals surface area (Å²) in [5, 5.41) is 19.4. The van der Waals surface area contributed by atoms with Crippen molar-refractivity contribution in [2.75, 3.05) is 5.43 Å². The molecule has 7 nitrogen and oxygen atoms in total. The third-order valence-electron chi connectivity index (χ3n) is 2.04. The van der Waals surface area contributed by atoms with Crippen LogP contribution < -0.4 is 5.43 Å². The lowest BCUT2D eigenvalue weighted by molar-refractivity contribution is -0.385. The van der Waals surface area contributed by atoms with E-state index in [9.17, 15) is 10.1 Å². The average Bonchev–Trinajstić information content (AvgIpc) is 2.82. The summed E-state index contributed by atoms with van der Waals surface area (Å²) in [4.78, 5) is 13.8. The summed E-state index contributed by atoms with van der Waals surface area (Å²) in [5.74, 6) is 0.273. The van der Waals surface area contributed by atoms with Gasteiger partial charge in [0.25, 0.3) is 5.69 Å². The summed E-state index contributed by atoms with van der Waals surface area (Å²) in [7, 11) is 0. The van der Waals surface area contributed by atoms with Crippen molar-refractivity contribution in [3.05, 3.63) is 52.5 Å². The molecule has 0 aromatic carbocycles. The lowest BCUT2D eigenvalue weighted by atomic mass is 10.2. The van der Waals surface area contributed by atoms with Crippen LogP contribution >= 0.6 is 0 Å². The van der Waals surface area contributed by atoms with Crippen LogP contribution in [0.4, 0.5) is 11.5 Å². The predicted molar refractivity (Wildman–Crippen MR) is 59.1 cm³/mol. The van der Waals surface area contributed by atoms with Gasteiger partial charge < -0.3 is 0 Å². The molecule has 17 heavy (non-hydrogen) atoms. The number of hydrogen-bond donors (Lipinski definition) is 1. The fourth-order valence-electron chi connectivity index (χ4n) is 1.26. The normalized spacial score (nSPS) is 9.59. The maximum absolute atomic E-state index is 10.5. The second-order valence-corrected chi connectivity index (χ2v) is 3.16. The smallest absolute Gasteiger partial charge is 0.277 e. The summed E-state index contributed by atoms with van der Waals surface area (Å²) in [6, 6.07) is 6.63. The summed E-state index contributed by atoms with van der Waals surface area (Å²) in [5.41, 5.74) is 2.74. The molecule has 0 atom stereocenters. The third kappa shape index (κ3) is 2.21. The Morgan fingerprint density at radius 1 is 1.47 bits per heavy atom. The van der Waals surface area contributed by atoms with Gasteiger partial charge in [-0.15, -0.1) is 0 Å². The molecule has 0 saturated carbocycles. The van der Waals surface area contributed by atoms with Crippen LogP contribution in [-0.4, -0.2) is 14.6 Å². The lowest BCUT2D eigenvalue weighted by Crippen LogP contribution is -2.09. The van der Waals surface area contributed by atoms with Crippen molar-refractivity contribution in [3.8, 4) is 6.07 Å². The number of rotatable bonds is 3. The largest absolute Gasteiger partial charge is 0.289 e. The van der Waals surface area contributed by atoms with Gasteiger partial charge >= 0.3 is 0 Å². The zero-order chi connectivity index (χ0) is 12.3. The Balaban J connectivity index is 2.35. The second-order valence-electron chi connectivity index (χ2n) is 3.16. The monoisotopic (exact) mass is 229 g/mol. The van der Waals surface area contributed by atoms with E-state index in [1.807, 2.05) is 6.07 Å². The summed E-state index contributed by atoms with van der Waals surface area (Å²) in [6.45, 7) is 0. The molecule has 2 rings (SSSR count). The Hall–Kier alpha value is -2.88. The highest BCUT2D eigenvalue weighted by molar-refractivity contribution is 5.55. The second kappa shape index (κ2) is 4.32. The van der Waals surface area contributed by atoms with Gasteiger partial charge in [-0.25, -0.2) is 4.98 Å². The first-order valence-electron chi connectivity index (χ1n) is 4.65. The van der Waals surface area contributed by atoms with E-state index in [0.29, 0.717) is 0 Å². The molecule has 0 aliphatic carbocycles. The van der Waals surface area contributed by atoms with Crippen molar-refractivity contribution in [2.24, 2.45) is 0 Å². The maximum Gasteiger partial charge on any atom is 0.289 e. The molecule has 1 N–H and O–H groups in total. The molecule has 84 valence electrons. The highest BCUT2D eigenvalue weighted by Gasteiger charge is 2.11. The van der Waals surface area contributed by atoms with Crippen molar-refractivity contribution in [1.82, 2.24) is 9.66 Å². The molecule has 0 bridgehead atoms. The number of nitrogens with one attached hydrogen (secondary N) is 1. The van der Waals surface area contributed by atoms with E-state index in [1.165, 1.54) is 6.07 Å². The first-order valence-corrected chi connectivity index (χ1v) is 4.65. The zero-order valence-electron chi connectivity index (χ0n) is 8.57. The Kier molecular flexibility index (Phi) is 2.70. The minimum absolute atomic E-state index is 0.118. The fourth-order valence-corrected chi connectivity index (χ4v) is 1.26. The van der Waals surface area contributed by atoms with Gasteiger partial charge in [0.05, 0.1) is 4.92 Å². The SMILES string of the molecule is N#Cc1cc([N+](=O)[O-])cnc1Nn1cccc1. The Bertz CT molecular complexity index is 585. The van der Waals surface area contributed by atoms with E-state index < -0.39 is 4.92 Å². The van der Waals surface area contributed by atoms with E-state index in [2.05, 4.69) is 10.4 Å². The van der Waals surface area contributed by atoms with Crippen molar-refractivity contribution in [2.45, 2.75) is 0 Å². The van der Waals surface area contributed by atoms with Crippen LogP contribution in [-0.2, 0) is 0 Å². The first-order chi connectivity index (χ1) is 8.20. The van der Waals surface area contributed by atoms with Crippen LogP contribution in [0.1, 0.15) is 5.56 Å². The maximum atomic E-state index is 10.5. The Morgan fingerprint density at radius 2 is 2.18 bits per heavy atom. The number of nitro groups is 1. The van der Waals surface area contributed by atoms with Crippen molar-refractivity contribution < 1.29 is 4.92 Å². The van der Waals surface area contributed by atoms with Crippen LogP contribution in [0.25, 0.3) is 0 Å².